The summed E-state index contributed by atoms with van der Waals surface area (Å²) in [5.74, 6) is -0.0310. The van der Waals surface area contributed by atoms with E-state index in [9.17, 15) is 4.79 Å². The highest BCUT2D eigenvalue weighted by atomic mass is 16.5. The van der Waals surface area contributed by atoms with Crippen molar-refractivity contribution in [3.63, 3.8) is 0 Å². The summed E-state index contributed by atoms with van der Waals surface area (Å²) in [7, 11) is 0. The fraction of sp³-hybridized carbons (Fsp3) is 0.458. The lowest BCUT2D eigenvalue weighted by molar-refractivity contribution is -0.116. The van der Waals surface area contributed by atoms with Gasteiger partial charge in [-0.3, -0.25) is 9.69 Å². The molecular weight excluding hydrogens is 362 g/mol. The topological polar surface area (TPSA) is 46.5 Å². The number of unbranched alkanes of at least 4 members (excludes halogenated alkanes) is 1. The minimum atomic E-state index is -0.0310. The number of ether oxygens (including phenoxy) is 1. The Morgan fingerprint density at radius 3 is 2.55 bits per heavy atom. The van der Waals surface area contributed by atoms with E-state index in [1.165, 1.54) is 5.56 Å². The van der Waals surface area contributed by atoms with Crippen LogP contribution in [0.25, 0.3) is 11.8 Å². The maximum Gasteiger partial charge on any atom is 0.244 e. The highest BCUT2D eigenvalue weighted by Gasteiger charge is 2.10. The number of aryl methyl sites for hydroxylation is 2. The first-order valence-electron chi connectivity index (χ1n) is 10.6. The standard InChI is InChI=1S/C24H33N3O2/c1-19-6-9-23(10-7-19)27-20(2)18-22(21(27)3)8-11-24(28)25-12-4-5-13-26-14-16-29-17-15-26/h6-11,18H,4-5,12-17H2,1-3H3,(H,25,28)/b11-8+. The Morgan fingerprint density at radius 1 is 1.10 bits per heavy atom. The van der Waals surface area contributed by atoms with E-state index < -0.39 is 0 Å². The number of hydrogen-bond donors (Lipinski definition) is 1. The lowest BCUT2D eigenvalue weighted by Crippen LogP contribution is -2.37. The zero-order valence-electron chi connectivity index (χ0n) is 17.9. The number of carbonyl (C=O) groups is 1. The largest absolute Gasteiger partial charge is 0.379 e. The van der Waals surface area contributed by atoms with Crippen molar-refractivity contribution in [2.45, 2.75) is 33.6 Å². The first-order chi connectivity index (χ1) is 14.0. The Kier molecular flexibility index (Phi) is 7.67. The Morgan fingerprint density at radius 2 is 1.83 bits per heavy atom. The molecular formula is C24H33N3O2. The van der Waals surface area contributed by atoms with Crippen LogP contribution in [0.1, 0.15) is 35.4 Å². The molecule has 0 aliphatic carbocycles. The molecule has 0 saturated carbocycles. The van der Waals surface area contributed by atoms with E-state index >= 15 is 0 Å². The fourth-order valence-electron chi connectivity index (χ4n) is 3.77. The van der Waals surface area contributed by atoms with Gasteiger partial charge < -0.3 is 14.6 Å². The van der Waals surface area contributed by atoms with Gasteiger partial charge in [-0.05, 0) is 70.0 Å². The van der Waals surface area contributed by atoms with Crippen molar-refractivity contribution in [2.75, 3.05) is 39.4 Å². The molecule has 1 fully saturated rings. The van der Waals surface area contributed by atoms with E-state index in [0.29, 0.717) is 0 Å². The van der Waals surface area contributed by atoms with Crippen LogP contribution in [0, 0.1) is 20.8 Å². The molecule has 1 amide bonds. The Bertz CT molecular complexity index is 831. The Balaban J connectivity index is 1.47. The summed E-state index contributed by atoms with van der Waals surface area (Å²) in [5, 5.41) is 2.99. The smallest absolute Gasteiger partial charge is 0.244 e. The average Bonchev–Trinajstić information content (AvgIpc) is 3.01. The zero-order chi connectivity index (χ0) is 20.6. The number of amides is 1. The van der Waals surface area contributed by atoms with E-state index in [0.717, 1.165) is 74.9 Å². The molecule has 156 valence electrons. The molecule has 1 aromatic carbocycles. The van der Waals surface area contributed by atoms with Crippen molar-refractivity contribution in [2.24, 2.45) is 0 Å². The monoisotopic (exact) mass is 395 g/mol. The number of hydrogen-bond acceptors (Lipinski definition) is 3. The van der Waals surface area contributed by atoms with Crippen LogP contribution in [0.3, 0.4) is 0 Å². The van der Waals surface area contributed by atoms with Crippen molar-refractivity contribution in [3.8, 4) is 5.69 Å². The number of morpholine rings is 1. The number of rotatable bonds is 8. The van der Waals surface area contributed by atoms with Gasteiger partial charge in [0, 0.05) is 42.8 Å². The fourth-order valence-corrected chi connectivity index (χ4v) is 3.77. The minimum Gasteiger partial charge on any atom is -0.379 e. The van der Waals surface area contributed by atoms with Crippen LogP contribution in [0.2, 0.25) is 0 Å². The van der Waals surface area contributed by atoms with Crippen LogP contribution in [0.15, 0.2) is 36.4 Å². The molecule has 0 radical (unpaired) electrons. The van der Waals surface area contributed by atoms with E-state index in [4.69, 9.17) is 4.74 Å². The zero-order valence-corrected chi connectivity index (χ0v) is 17.9. The molecule has 2 heterocycles. The lowest BCUT2D eigenvalue weighted by atomic mass is 10.2. The molecule has 3 rings (SSSR count). The van der Waals surface area contributed by atoms with Gasteiger partial charge in [0.05, 0.1) is 13.2 Å². The van der Waals surface area contributed by atoms with E-state index in [-0.39, 0.29) is 5.91 Å². The second-order valence-corrected chi connectivity index (χ2v) is 7.78. The maximum atomic E-state index is 12.2. The SMILES string of the molecule is Cc1ccc(-n2c(C)cc(/C=C/C(=O)NCCCCN3CCOCC3)c2C)cc1. The van der Waals surface area contributed by atoms with E-state index in [2.05, 4.69) is 65.9 Å². The van der Waals surface area contributed by atoms with Gasteiger partial charge in [-0.15, -0.1) is 0 Å². The van der Waals surface area contributed by atoms with Gasteiger partial charge >= 0.3 is 0 Å². The first-order valence-corrected chi connectivity index (χ1v) is 10.6. The summed E-state index contributed by atoms with van der Waals surface area (Å²) >= 11 is 0. The Labute approximate surface area is 174 Å². The summed E-state index contributed by atoms with van der Waals surface area (Å²) in [6, 6.07) is 10.6. The predicted molar refractivity (Wildman–Crippen MR) is 119 cm³/mol. The molecule has 29 heavy (non-hydrogen) atoms. The molecule has 0 spiro atoms. The van der Waals surface area contributed by atoms with Crippen LogP contribution < -0.4 is 5.32 Å². The van der Waals surface area contributed by atoms with Crippen molar-refractivity contribution in [3.05, 3.63) is 58.9 Å². The molecule has 1 aliphatic heterocycles. The molecule has 5 heteroatoms. The third kappa shape index (κ3) is 6.05. The maximum absolute atomic E-state index is 12.2. The van der Waals surface area contributed by atoms with Crippen molar-refractivity contribution < 1.29 is 9.53 Å². The van der Waals surface area contributed by atoms with E-state index in [1.807, 2.05) is 6.08 Å². The summed E-state index contributed by atoms with van der Waals surface area (Å²) in [5.41, 5.74) is 5.77. The number of aromatic nitrogens is 1. The van der Waals surface area contributed by atoms with Crippen molar-refractivity contribution >= 4 is 12.0 Å². The molecule has 0 atom stereocenters. The van der Waals surface area contributed by atoms with Crippen LogP contribution in [-0.2, 0) is 9.53 Å². The second kappa shape index (κ2) is 10.4. The molecule has 1 saturated heterocycles. The second-order valence-electron chi connectivity index (χ2n) is 7.78. The number of nitrogens with zero attached hydrogens (tertiary/aromatic N) is 2. The Hall–Kier alpha value is -2.37. The van der Waals surface area contributed by atoms with Gasteiger partial charge in [0.15, 0.2) is 0 Å². The van der Waals surface area contributed by atoms with Crippen molar-refractivity contribution in [1.82, 2.24) is 14.8 Å². The van der Waals surface area contributed by atoms with Gasteiger partial charge in [0.2, 0.25) is 5.91 Å². The number of carbonyl (C=O) groups excluding carboxylic acids is 1. The van der Waals surface area contributed by atoms with E-state index in [1.54, 1.807) is 6.08 Å². The molecule has 0 unspecified atom stereocenters. The van der Waals surface area contributed by atoms with Gasteiger partial charge in [-0.1, -0.05) is 17.7 Å². The molecule has 1 aromatic heterocycles. The molecule has 1 aliphatic rings. The number of benzene rings is 1. The number of nitrogens with one attached hydrogen (secondary N) is 1. The highest BCUT2D eigenvalue weighted by Crippen LogP contribution is 2.22. The molecule has 5 nitrogen and oxygen atoms in total. The summed E-state index contributed by atoms with van der Waals surface area (Å²) in [6.07, 6.45) is 5.65. The highest BCUT2D eigenvalue weighted by molar-refractivity contribution is 5.91. The van der Waals surface area contributed by atoms with Gasteiger partial charge in [0.1, 0.15) is 0 Å². The average molecular weight is 396 g/mol. The predicted octanol–water partition coefficient (Wildman–Crippen LogP) is 3.64. The molecule has 1 N–H and O–H groups in total. The van der Waals surface area contributed by atoms with Crippen molar-refractivity contribution in [1.29, 1.82) is 0 Å². The van der Waals surface area contributed by atoms with Gasteiger partial charge in [0.25, 0.3) is 0 Å². The van der Waals surface area contributed by atoms with Crippen LogP contribution >= 0.6 is 0 Å². The quantitative estimate of drug-likeness (QED) is 0.548. The van der Waals surface area contributed by atoms with Crippen LogP contribution in [0.5, 0.6) is 0 Å². The summed E-state index contributed by atoms with van der Waals surface area (Å²) in [6.45, 7) is 11.8. The van der Waals surface area contributed by atoms with Gasteiger partial charge in [-0.25, -0.2) is 0 Å². The molecule has 2 aromatic rings. The lowest BCUT2D eigenvalue weighted by Gasteiger charge is -2.26. The third-order valence-corrected chi connectivity index (χ3v) is 5.48. The normalized spacial score (nSPS) is 15.1. The minimum absolute atomic E-state index is 0.0310. The van der Waals surface area contributed by atoms with Crippen LogP contribution in [-0.4, -0.2) is 54.8 Å². The van der Waals surface area contributed by atoms with Crippen LogP contribution in [0.4, 0.5) is 0 Å². The first kappa shape index (κ1) is 21.3. The third-order valence-electron chi connectivity index (χ3n) is 5.48. The van der Waals surface area contributed by atoms with Gasteiger partial charge in [-0.2, -0.15) is 0 Å². The summed E-state index contributed by atoms with van der Waals surface area (Å²) in [4.78, 5) is 14.6. The summed E-state index contributed by atoms with van der Waals surface area (Å²) < 4.78 is 7.59. The molecule has 0 bridgehead atoms.